The summed E-state index contributed by atoms with van der Waals surface area (Å²) in [6.45, 7) is 8.08. The molecule has 1 unspecified atom stereocenters. The van der Waals surface area contributed by atoms with E-state index in [1.54, 1.807) is 12.1 Å². The van der Waals surface area contributed by atoms with Crippen molar-refractivity contribution in [3.8, 4) is 0 Å². The quantitative estimate of drug-likeness (QED) is 0.611. The molecule has 1 aromatic rings. The van der Waals surface area contributed by atoms with Gasteiger partial charge in [-0.25, -0.2) is 4.39 Å². The van der Waals surface area contributed by atoms with Crippen molar-refractivity contribution in [1.29, 1.82) is 0 Å². The Labute approximate surface area is 125 Å². The lowest BCUT2D eigenvalue weighted by Crippen LogP contribution is -2.49. The van der Waals surface area contributed by atoms with Crippen LogP contribution in [0.4, 0.5) is 10.1 Å². The third-order valence-electron chi connectivity index (χ3n) is 3.58. The molecule has 0 amide bonds. The fourth-order valence-electron chi connectivity index (χ4n) is 2.52. The number of halogens is 1. The molecule has 116 valence electrons. The number of nitrogens with zero attached hydrogens (tertiary/aromatic N) is 2. The molecule has 1 atom stereocenters. The van der Waals surface area contributed by atoms with Gasteiger partial charge in [0.25, 0.3) is 0 Å². The molecule has 1 aromatic carbocycles. The van der Waals surface area contributed by atoms with Gasteiger partial charge in [0.1, 0.15) is 5.82 Å². The largest absolute Gasteiger partial charge is 0.389 e. The maximum Gasteiger partial charge on any atom is 0.146 e. The second kappa shape index (κ2) is 8.12. The molecule has 1 aliphatic heterocycles. The van der Waals surface area contributed by atoms with Crippen LogP contribution in [0, 0.1) is 5.82 Å². The number of aliphatic hydroxyl groups excluding tert-OH is 1. The first kappa shape index (κ1) is 15.9. The van der Waals surface area contributed by atoms with Gasteiger partial charge in [0.2, 0.25) is 0 Å². The first-order valence-electron chi connectivity index (χ1n) is 7.29. The Morgan fingerprint density at radius 1 is 1.29 bits per heavy atom. The highest BCUT2D eigenvalue weighted by Gasteiger charge is 2.20. The second-order valence-electron chi connectivity index (χ2n) is 5.22. The summed E-state index contributed by atoms with van der Waals surface area (Å²) in [6.07, 6.45) is 1.17. The molecule has 0 radical (unpaired) electrons. The molecule has 0 spiro atoms. The van der Waals surface area contributed by atoms with E-state index < -0.39 is 6.10 Å². The average molecular weight is 294 g/mol. The summed E-state index contributed by atoms with van der Waals surface area (Å²) in [6, 6.07) is 6.85. The van der Waals surface area contributed by atoms with Gasteiger partial charge in [-0.05, 0) is 12.1 Å². The molecule has 0 aliphatic carbocycles. The number of benzene rings is 1. The number of β-amino-alcohol motifs (C(OH)–C–C–N with tert-alkyl or cyclic N) is 1. The smallest absolute Gasteiger partial charge is 0.146 e. The van der Waals surface area contributed by atoms with Crippen LogP contribution in [0.3, 0.4) is 0 Å². The van der Waals surface area contributed by atoms with Gasteiger partial charge >= 0.3 is 0 Å². The molecule has 0 bridgehead atoms. The van der Waals surface area contributed by atoms with E-state index in [9.17, 15) is 9.50 Å². The van der Waals surface area contributed by atoms with Gasteiger partial charge in [-0.1, -0.05) is 18.2 Å². The maximum absolute atomic E-state index is 13.7. The van der Waals surface area contributed by atoms with Gasteiger partial charge in [-0.3, -0.25) is 4.90 Å². The Hall–Kier alpha value is -1.43. The van der Waals surface area contributed by atoms with Crippen molar-refractivity contribution < 1.29 is 14.2 Å². The van der Waals surface area contributed by atoms with E-state index in [0.717, 1.165) is 26.2 Å². The van der Waals surface area contributed by atoms with E-state index in [0.29, 0.717) is 25.4 Å². The van der Waals surface area contributed by atoms with Gasteiger partial charge in [0, 0.05) is 32.7 Å². The van der Waals surface area contributed by atoms with E-state index in [1.807, 2.05) is 17.0 Å². The molecule has 1 N–H and O–H groups in total. The normalized spacial score (nSPS) is 17.7. The molecule has 2 rings (SSSR count). The molecular weight excluding hydrogens is 271 g/mol. The highest BCUT2D eigenvalue weighted by atomic mass is 19.1. The fraction of sp³-hybridized carbons (Fsp3) is 0.500. The summed E-state index contributed by atoms with van der Waals surface area (Å²) < 4.78 is 19.0. The van der Waals surface area contributed by atoms with Crippen molar-refractivity contribution in [3.63, 3.8) is 0 Å². The summed E-state index contributed by atoms with van der Waals surface area (Å²) in [7, 11) is 0. The van der Waals surface area contributed by atoms with Crippen molar-refractivity contribution in [1.82, 2.24) is 4.90 Å². The van der Waals surface area contributed by atoms with Crippen LogP contribution in [0.2, 0.25) is 0 Å². The van der Waals surface area contributed by atoms with Gasteiger partial charge in [-0.15, -0.1) is 6.58 Å². The molecule has 0 saturated carbocycles. The number of hydrogen-bond acceptors (Lipinski definition) is 4. The lowest BCUT2D eigenvalue weighted by molar-refractivity contribution is 0.0252. The zero-order valence-corrected chi connectivity index (χ0v) is 12.2. The molecule has 21 heavy (non-hydrogen) atoms. The monoisotopic (exact) mass is 294 g/mol. The Morgan fingerprint density at radius 3 is 2.67 bits per heavy atom. The summed E-state index contributed by atoms with van der Waals surface area (Å²) in [5.74, 6) is -0.177. The molecule has 1 saturated heterocycles. The summed E-state index contributed by atoms with van der Waals surface area (Å²) in [5.41, 5.74) is 0.659. The Bertz CT molecular complexity index is 448. The van der Waals surface area contributed by atoms with Crippen molar-refractivity contribution >= 4 is 5.69 Å². The van der Waals surface area contributed by atoms with Crippen LogP contribution in [-0.2, 0) is 4.74 Å². The first-order chi connectivity index (χ1) is 10.2. The highest BCUT2D eigenvalue weighted by Crippen LogP contribution is 2.20. The van der Waals surface area contributed by atoms with E-state index >= 15 is 0 Å². The number of rotatable bonds is 7. The van der Waals surface area contributed by atoms with Gasteiger partial charge < -0.3 is 14.7 Å². The number of ether oxygens (including phenoxy) is 1. The number of piperazine rings is 1. The molecule has 1 fully saturated rings. The molecule has 5 heteroatoms. The Kier molecular flexibility index (Phi) is 6.17. The van der Waals surface area contributed by atoms with Crippen LogP contribution < -0.4 is 4.90 Å². The van der Waals surface area contributed by atoms with E-state index in [2.05, 4.69) is 11.5 Å². The van der Waals surface area contributed by atoms with Crippen LogP contribution in [0.1, 0.15) is 0 Å². The van der Waals surface area contributed by atoms with Gasteiger partial charge in [-0.2, -0.15) is 0 Å². The molecular formula is C16H23FN2O2. The van der Waals surface area contributed by atoms with Crippen LogP contribution >= 0.6 is 0 Å². The van der Waals surface area contributed by atoms with Crippen LogP contribution in [0.15, 0.2) is 36.9 Å². The van der Waals surface area contributed by atoms with Gasteiger partial charge in [0.05, 0.1) is 25.0 Å². The minimum absolute atomic E-state index is 0.177. The number of aliphatic hydroxyl groups is 1. The molecule has 0 aromatic heterocycles. The van der Waals surface area contributed by atoms with E-state index in [4.69, 9.17) is 4.74 Å². The zero-order valence-electron chi connectivity index (χ0n) is 12.2. The zero-order chi connectivity index (χ0) is 15.1. The SMILES string of the molecule is C=CCOCC(O)CN1CCN(c2ccccc2F)CC1. The fourth-order valence-corrected chi connectivity index (χ4v) is 2.52. The first-order valence-corrected chi connectivity index (χ1v) is 7.29. The summed E-state index contributed by atoms with van der Waals surface area (Å²) in [5, 5.41) is 9.88. The minimum atomic E-state index is -0.495. The molecule has 1 aliphatic rings. The van der Waals surface area contributed by atoms with Crippen LogP contribution in [0.25, 0.3) is 0 Å². The number of para-hydroxylation sites is 1. The van der Waals surface area contributed by atoms with Crippen molar-refractivity contribution in [2.75, 3.05) is 50.8 Å². The van der Waals surface area contributed by atoms with Crippen molar-refractivity contribution in [2.45, 2.75) is 6.10 Å². The summed E-state index contributed by atoms with van der Waals surface area (Å²) >= 11 is 0. The summed E-state index contributed by atoms with van der Waals surface area (Å²) in [4.78, 5) is 4.23. The van der Waals surface area contributed by atoms with Crippen LogP contribution in [-0.4, -0.2) is 62.0 Å². The lowest BCUT2D eigenvalue weighted by Gasteiger charge is -2.36. The molecule has 4 nitrogen and oxygen atoms in total. The van der Waals surface area contributed by atoms with E-state index in [-0.39, 0.29) is 5.82 Å². The van der Waals surface area contributed by atoms with E-state index in [1.165, 1.54) is 6.07 Å². The third-order valence-corrected chi connectivity index (χ3v) is 3.58. The van der Waals surface area contributed by atoms with Gasteiger partial charge in [0.15, 0.2) is 0 Å². The number of anilines is 1. The predicted octanol–water partition coefficient (Wildman–Crippen LogP) is 1.51. The topological polar surface area (TPSA) is 35.9 Å². The molecule has 1 heterocycles. The van der Waals surface area contributed by atoms with Crippen LogP contribution in [0.5, 0.6) is 0 Å². The Balaban J connectivity index is 1.75. The third kappa shape index (κ3) is 4.81. The average Bonchev–Trinajstić information content (AvgIpc) is 2.49. The van der Waals surface area contributed by atoms with Crippen molar-refractivity contribution in [3.05, 3.63) is 42.7 Å². The lowest BCUT2D eigenvalue weighted by atomic mass is 10.2. The maximum atomic E-state index is 13.7. The highest BCUT2D eigenvalue weighted by molar-refractivity contribution is 5.47. The predicted molar refractivity (Wildman–Crippen MR) is 82.1 cm³/mol. The minimum Gasteiger partial charge on any atom is -0.389 e. The number of hydrogen-bond donors (Lipinski definition) is 1. The van der Waals surface area contributed by atoms with Crippen molar-refractivity contribution in [2.24, 2.45) is 0 Å². The standard InChI is InChI=1S/C16H23FN2O2/c1-2-11-21-13-14(20)12-18-7-9-19(10-8-18)16-6-4-3-5-15(16)17/h2-6,14,20H,1,7-13H2. The second-order valence-corrected chi connectivity index (χ2v) is 5.22. The Morgan fingerprint density at radius 2 is 2.00 bits per heavy atom.